The number of nitrogens with one attached hydrogen (secondary N) is 1. The van der Waals surface area contributed by atoms with Gasteiger partial charge in [0.15, 0.2) is 0 Å². The Morgan fingerprint density at radius 1 is 1.33 bits per heavy atom. The molecule has 9 heteroatoms. The van der Waals surface area contributed by atoms with Crippen molar-refractivity contribution in [1.82, 2.24) is 20.4 Å². The van der Waals surface area contributed by atoms with Gasteiger partial charge in [-0.1, -0.05) is 6.07 Å². The fourth-order valence-electron chi connectivity index (χ4n) is 2.38. The van der Waals surface area contributed by atoms with Crippen LogP contribution in [0.2, 0.25) is 0 Å². The van der Waals surface area contributed by atoms with E-state index in [9.17, 15) is 18.3 Å². The number of halogens is 3. The van der Waals surface area contributed by atoms with Crippen molar-refractivity contribution in [1.29, 1.82) is 0 Å². The maximum Gasteiger partial charge on any atom is 0.433 e. The van der Waals surface area contributed by atoms with E-state index in [-0.39, 0.29) is 12.4 Å². The van der Waals surface area contributed by atoms with Crippen molar-refractivity contribution in [3.8, 4) is 0 Å². The first-order valence-electron chi connectivity index (χ1n) is 6.26. The molecule has 21 heavy (non-hydrogen) atoms. The predicted octanol–water partition coefficient (Wildman–Crippen LogP) is 1.32. The highest BCUT2D eigenvalue weighted by atomic mass is 19.4. The van der Waals surface area contributed by atoms with E-state index in [2.05, 4.69) is 20.4 Å². The first kappa shape index (κ1) is 13.8. The monoisotopic (exact) mass is 299 g/mol. The number of H-pyrrole nitrogens is 1. The minimum atomic E-state index is -4.49. The van der Waals surface area contributed by atoms with E-state index in [1.165, 1.54) is 18.3 Å². The average Bonchev–Trinajstić information content (AvgIpc) is 3.08. The van der Waals surface area contributed by atoms with Crippen molar-refractivity contribution in [2.45, 2.75) is 18.2 Å². The molecule has 6 nitrogen and oxygen atoms in total. The molecule has 112 valence electrons. The van der Waals surface area contributed by atoms with Gasteiger partial charge < -0.3 is 10.0 Å². The Kier molecular flexibility index (Phi) is 3.08. The van der Waals surface area contributed by atoms with Crippen LogP contribution >= 0.6 is 0 Å². The van der Waals surface area contributed by atoms with E-state index >= 15 is 0 Å². The minimum Gasteiger partial charge on any atom is -0.381 e. The van der Waals surface area contributed by atoms with E-state index in [1.54, 1.807) is 4.90 Å². The molecule has 0 bridgehead atoms. The third kappa shape index (κ3) is 2.56. The third-order valence-electron chi connectivity index (χ3n) is 3.49. The van der Waals surface area contributed by atoms with Gasteiger partial charge in [0.2, 0.25) is 0 Å². The maximum absolute atomic E-state index is 12.7. The topological polar surface area (TPSA) is 77.9 Å². The summed E-state index contributed by atoms with van der Waals surface area (Å²) in [5.74, 6) is 0.184. The normalized spacial score (nSPS) is 22.8. The van der Waals surface area contributed by atoms with Crippen molar-refractivity contribution >= 4 is 5.82 Å². The molecule has 0 amide bonds. The molecule has 1 saturated heterocycles. The Labute approximate surface area is 117 Å². The molecule has 0 aliphatic carbocycles. The summed E-state index contributed by atoms with van der Waals surface area (Å²) in [5, 5.41) is 20.4. The van der Waals surface area contributed by atoms with Crippen molar-refractivity contribution in [2.24, 2.45) is 0 Å². The Morgan fingerprint density at radius 3 is 2.81 bits per heavy atom. The lowest BCUT2D eigenvalue weighted by Crippen LogP contribution is -2.31. The third-order valence-corrected chi connectivity index (χ3v) is 3.49. The van der Waals surface area contributed by atoms with Crippen molar-refractivity contribution in [3.63, 3.8) is 0 Å². The van der Waals surface area contributed by atoms with Crippen LogP contribution in [0.25, 0.3) is 0 Å². The molecular weight excluding hydrogens is 287 g/mol. The van der Waals surface area contributed by atoms with Gasteiger partial charge in [0.1, 0.15) is 22.8 Å². The van der Waals surface area contributed by atoms with Gasteiger partial charge in [-0.05, 0) is 12.1 Å². The first-order valence-corrected chi connectivity index (χ1v) is 6.26. The zero-order valence-corrected chi connectivity index (χ0v) is 10.8. The van der Waals surface area contributed by atoms with Gasteiger partial charge in [-0.15, -0.1) is 0 Å². The van der Waals surface area contributed by atoms with Gasteiger partial charge in [-0.3, -0.25) is 0 Å². The zero-order chi connectivity index (χ0) is 15.1. The lowest BCUT2D eigenvalue weighted by molar-refractivity contribution is -0.141. The molecule has 0 aromatic carbocycles. The van der Waals surface area contributed by atoms with Crippen molar-refractivity contribution in [2.75, 3.05) is 18.0 Å². The maximum atomic E-state index is 12.7. The molecule has 0 radical (unpaired) electrons. The summed E-state index contributed by atoms with van der Waals surface area (Å²) in [4.78, 5) is 5.22. The quantitative estimate of drug-likeness (QED) is 0.874. The van der Waals surface area contributed by atoms with Gasteiger partial charge in [-0.25, -0.2) is 4.98 Å². The number of aliphatic hydroxyl groups is 1. The molecular formula is C12H12F3N5O. The summed E-state index contributed by atoms with van der Waals surface area (Å²) in [6.45, 7) is 0.505. The van der Waals surface area contributed by atoms with Crippen LogP contribution in [0, 0.1) is 0 Å². The molecule has 1 atom stereocenters. The molecule has 0 saturated carbocycles. The number of hydrogen-bond acceptors (Lipinski definition) is 5. The van der Waals surface area contributed by atoms with E-state index in [4.69, 9.17) is 0 Å². The average molecular weight is 299 g/mol. The van der Waals surface area contributed by atoms with Crippen molar-refractivity contribution < 1.29 is 18.3 Å². The molecule has 3 heterocycles. The number of anilines is 1. The molecule has 0 unspecified atom stereocenters. The Morgan fingerprint density at radius 2 is 2.14 bits per heavy atom. The van der Waals surface area contributed by atoms with E-state index in [1.807, 2.05) is 0 Å². The smallest absolute Gasteiger partial charge is 0.381 e. The van der Waals surface area contributed by atoms with Crippen LogP contribution in [0.5, 0.6) is 0 Å². The van der Waals surface area contributed by atoms with E-state index in [0.29, 0.717) is 18.7 Å². The molecule has 1 aliphatic rings. The fraction of sp³-hybridized carbons (Fsp3) is 0.417. The lowest BCUT2D eigenvalue weighted by atomic mass is 10.0. The number of hydrogen-bond donors (Lipinski definition) is 2. The van der Waals surface area contributed by atoms with Gasteiger partial charge in [0, 0.05) is 13.0 Å². The fourth-order valence-corrected chi connectivity index (χ4v) is 2.38. The van der Waals surface area contributed by atoms with Crippen LogP contribution in [0.3, 0.4) is 0 Å². The van der Waals surface area contributed by atoms with Gasteiger partial charge in [0.05, 0.1) is 12.7 Å². The van der Waals surface area contributed by atoms with E-state index in [0.717, 1.165) is 6.07 Å². The Balaban J connectivity index is 1.84. The summed E-state index contributed by atoms with van der Waals surface area (Å²) < 4.78 is 38.0. The highest BCUT2D eigenvalue weighted by Gasteiger charge is 2.41. The predicted molar refractivity (Wildman–Crippen MR) is 66.3 cm³/mol. The van der Waals surface area contributed by atoms with Crippen molar-refractivity contribution in [3.05, 3.63) is 35.8 Å². The number of rotatable bonds is 2. The molecule has 0 spiro atoms. The molecule has 3 rings (SSSR count). The van der Waals surface area contributed by atoms with Crippen LogP contribution in [0.15, 0.2) is 24.4 Å². The van der Waals surface area contributed by atoms with Gasteiger partial charge >= 0.3 is 6.18 Å². The summed E-state index contributed by atoms with van der Waals surface area (Å²) in [6, 6.07) is 3.71. The number of aromatic nitrogens is 4. The molecule has 1 aliphatic heterocycles. The number of aromatic amines is 1. The molecule has 1 fully saturated rings. The van der Waals surface area contributed by atoms with Gasteiger partial charge in [-0.2, -0.15) is 28.6 Å². The van der Waals surface area contributed by atoms with Gasteiger partial charge in [0.25, 0.3) is 0 Å². The molecule has 2 aromatic rings. The summed E-state index contributed by atoms with van der Waals surface area (Å²) >= 11 is 0. The van der Waals surface area contributed by atoms with Crippen LogP contribution < -0.4 is 4.90 Å². The Hall–Kier alpha value is -2.16. The number of nitrogens with zero attached hydrogens (tertiary/aromatic N) is 4. The Bertz CT molecular complexity index is 630. The second-order valence-corrected chi connectivity index (χ2v) is 4.94. The lowest BCUT2D eigenvalue weighted by Gasteiger charge is -2.22. The standard InChI is InChI=1S/C12H12F3N5O/c13-12(14,15)8-2-1-3-10(17-8)20-5-4-11(21,7-20)9-6-16-19-18-9/h1-3,6,21H,4-5,7H2,(H,16,18,19)/t11-/m1/s1. The zero-order valence-electron chi connectivity index (χ0n) is 10.8. The summed E-state index contributed by atoms with van der Waals surface area (Å²) in [5.41, 5.74) is -1.81. The SMILES string of the molecule is O[C@]1(c2cn[nH]n2)CCN(c2cccc(C(F)(F)F)n2)C1. The largest absolute Gasteiger partial charge is 0.433 e. The second kappa shape index (κ2) is 4.69. The van der Waals surface area contributed by atoms with Crippen LogP contribution in [-0.2, 0) is 11.8 Å². The molecule has 2 aromatic heterocycles. The summed E-state index contributed by atoms with van der Waals surface area (Å²) in [7, 11) is 0. The number of β-amino-alcohol motifs (C(OH)–C–C–N with tert-alkyl or cyclic N) is 1. The van der Waals surface area contributed by atoms with E-state index < -0.39 is 17.5 Å². The van der Waals surface area contributed by atoms with Crippen LogP contribution in [0.1, 0.15) is 17.8 Å². The number of alkyl halides is 3. The van der Waals surface area contributed by atoms with Crippen LogP contribution in [0.4, 0.5) is 19.0 Å². The molecule has 2 N–H and O–H groups in total. The first-order chi connectivity index (χ1) is 9.88. The summed E-state index contributed by atoms with van der Waals surface area (Å²) in [6.07, 6.45) is -2.74. The highest BCUT2D eigenvalue weighted by Crippen LogP contribution is 2.34. The second-order valence-electron chi connectivity index (χ2n) is 4.94. The number of pyridine rings is 1. The van der Waals surface area contributed by atoms with Crippen LogP contribution in [-0.4, -0.2) is 38.6 Å². The minimum absolute atomic E-state index is 0.119. The highest BCUT2D eigenvalue weighted by molar-refractivity contribution is 5.42.